The molecule has 2 aliphatic rings. The number of benzene rings is 1. The number of aromatic nitrogens is 3. The van der Waals surface area contributed by atoms with Crippen molar-refractivity contribution in [3.05, 3.63) is 46.8 Å². The van der Waals surface area contributed by atoms with Gasteiger partial charge in [0.25, 0.3) is 5.91 Å². The molecule has 0 bridgehead atoms. The molecule has 1 aromatic carbocycles. The predicted octanol–water partition coefficient (Wildman–Crippen LogP) is 2.17. The molecular weight excluding hydrogens is 314 g/mol. The minimum absolute atomic E-state index is 0.0483. The van der Waals surface area contributed by atoms with Crippen LogP contribution in [0.4, 0.5) is 0 Å². The molecule has 0 unspecified atom stereocenters. The van der Waals surface area contributed by atoms with Gasteiger partial charge in [0.05, 0.1) is 17.8 Å². The fourth-order valence-corrected chi connectivity index (χ4v) is 4.17. The van der Waals surface area contributed by atoms with Crippen LogP contribution in [0.5, 0.6) is 0 Å². The van der Waals surface area contributed by atoms with Gasteiger partial charge in [-0.05, 0) is 56.3 Å². The summed E-state index contributed by atoms with van der Waals surface area (Å²) in [5, 5.41) is 15.0. The lowest BCUT2D eigenvalue weighted by Gasteiger charge is -2.23. The second-order valence-corrected chi connectivity index (χ2v) is 7.28. The number of fused-ring (bicyclic) bond motifs is 1. The number of piperidine rings is 1. The lowest BCUT2D eigenvalue weighted by Crippen LogP contribution is -2.32. The quantitative estimate of drug-likeness (QED) is 0.899. The van der Waals surface area contributed by atoms with Crippen LogP contribution in [-0.2, 0) is 6.42 Å². The topological polar surface area (TPSA) is 71.8 Å². The van der Waals surface area contributed by atoms with Crippen LogP contribution < -0.4 is 10.6 Å². The Morgan fingerprint density at radius 3 is 2.84 bits per heavy atom. The molecule has 0 saturated carbocycles. The van der Waals surface area contributed by atoms with Gasteiger partial charge in [0.15, 0.2) is 5.69 Å². The van der Waals surface area contributed by atoms with E-state index >= 15 is 0 Å². The van der Waals surface area contributed by atoms with Crippen LogP contribution >= 0.6 is 0 Å². The molecule has 0 spiro atoms. The zero-order valence-electron chi connectivity index (χ0n) is 14.8. The molecule has 132 valence electrons. The van der Waals surface area contributed by atoms with Crippen molar-refractivity contribution in [1.82, 2.24) is 25.6 Å². The summed E-state index contributed by atoms with van der Waals surface area (Å²) in [6, 6.07) is 8.74. The van der Waals surface area contributed by atoms with E-state index in [9.17, 15) is 4.79 Å². The third kappa shape index (κ3) is 2.95. The number of rotatable bonds is 3. The van der Waals surface area contributed by atoms with Crippen molar-refractivity contribution < 1.29 is 4.79 Å². The monoisotopic (exact) mass is 339 g/mol. The number of hydrogen-bond donors (Lipinski definition) is 2. The van der Waals surface area contributed by atoms with Gasteiger partial charge in [-0.2, -0.15) is 0 Å². The van der Waals surface area contributed by atoms with Crippen LogP contribution in [0.2, 0.25) is 0 Å². The van der Waals surface area contributed by atoms with Crippen LogP contribution in [0.25, 0.3) is 0 Å². The summed E-state index contributed by atoms with van der Waals surface area (Å²) in [5.41, 5.74) is 3.88. The summed E-state index contributed by atoms with van der Waals surface area (Å²) in [5.74, 6) is 0.271. The average Bonchev–Trinajstić information content (AvgIpc) is 3.16. The van der Waals surface area contributed by atoms with Crippen LogP contribution in [-0.4, -0.2) is 34.0 Å². The van der Waals surface area contributed by atoms with E-state index in [0.29, 0.717) is 17.7 Å². The molecule has 1 saturated heterocycles. The summed E-state index contributed by atoms with van der Waals surface area (Å²) in [4.78, 5) is 12.8. The molecule has 2 N–H and O–H groups in total. The number of carbonyl (C=O) groups is 1. The molecule has 1 aromatic heterocycles. The number of nitrogens with one attached hydrogen (secondary N) is 2. The molecule has 1 amide bonds. The molecule has 1 aliphatic heterocycles. The maximum atomic E-state index is 12.8. The first-order valence-corrected chi connectivity index (χ1v) is 9.16. The smallest absolute Gasteiger partial charge is 0.274 e. The molecular formula is C19H25N5O. The SMILES string of the molecule is Cc1c(C(=O)N[C@@H]2c3ccccc3C[C@@H]2C)nnn1C1CCNCC1. The fourth-order valence-electron chi connectivity index (χ4n) is 4.17. The third-order valence-electron chi connectivity index (χ3n) is 5.58. The van der Waals surface area contributed by atoms with Gasteiger partial charge in [-0.1, -0.05) is 36.4 Å². The normalized spacial score (nSPS) is 23.4. The van der Waals surface area contributed by atoms with Crippen LogP contribution in [0.3, 0.4) is 0 Å². The first-order chi connectivity index (χ1) is 12.1. The van der Waals surface area contributed by atoms with E-state index in [2.05, 4.69) is 46.1 Å². The highest BCUT2D eigenvalue weighted by atomic mass is 16.2. The molecule has 2 heterocycles. The Kier molecular flexibility index (Phi) is 4.29. The number of carbonyl (C=O) groups excluding carboxylic acids is 1. The number of hydrogen-bond acceptors (Lipinski definition) is 4. The molecule has 25 heavy (non-hydrogen) atoms. The van der Waals surface area contributed by atoms with Crippen molar-refractivity contribution in [2.75, 3.05) is 13.1 Å². The van der Waals surface area contributed by atoms with Crippen molar-refractivity contribution >= 4 is 5.91 Å². The Bertz CT molecular complexity index is 778. The Hall–Kier alpha value is -2.21. The molecule has 4 rings (SSSR count). The third-order valence-corrected chi connectivity index (χ3v) is 5.58. The van der Waals surface area contributed by atoms with Gasteiger partial charge in [0, 0.05) is 0 Å². The Labute approximate surface area is 148 Å². The molecule has 1 aliphatic carbocycles. The summed E-state index contributed by atoms with van der Waals surface area (Å²) in [7, 11) is 0. The van der Waals surface area contributed by atoms with Gasteiger partial charge in [0.1, 0.15) is 0 Å². The summed E-state index contributed by atoms with van der Waals surface area (Å²) >= 11 is 0. The van der Waals surface area contributed by atoms with E-state index in [4.69, 9.17) is 0 Å². The maximum absolute atomic E-state index is 12.8. The highest BCUT2D eigenvalue weighted by molar-refractivity contribution is 5.93. The second-order valence-electron chi connectivity index (χ2n) is 7.28. The minimum atomic E-state index is -0.119. The summed E-state index contributed by atoms with van der Waals surface area (Å²) < 4.78 is 1.93. The summed E-state index contributed by atoms with van der Waals surface area (Å²) in [6.45, 7) is 6.11. The van der Waals surface area contributed by atoms with E-state index < -0.39 is 0 Å². The van der Waals surface area contributed by atoms with Gasteiger partial charge >= 0.3 is 0 Å². The number of nitrogens with zero attached hydrogens (tertiary/aromatic N) is 3. The van der Waals surface area contributed by atoms with Crippen molar-refractivity contribution in [2.24, 2.45) is 5.92 Å². The van der Waals surface area contributed by atoms with E-state index in [0.717, 1.165) is 38.0 Å². The molecule has 2 aromatic rings. The van der Waals surface area contributed by atoms with Gasteiger partial charge < -0.3 is 10.6 Å². The lowest BCUT2D eigenvalue weighted by molar-refractivity contribution is 0.0921. The zero-order chi connectivity index (χ0) is 17.4. The van der Waals surface area contributed by atoms with Crippen molar-refractivity contribution in [3.63, 3.8) is 0 Å². The Balaban J connectivity index is 1.53. The molecule has 6 nitrogen and oxygen atoms in total. The first kappa shape index (κ1) is 16.3. The van der Waals surface area contributed by atoms with Crippen molar-refractivity contribution in [3.8, 4) is 0 Å². The Morgan fingerprint density at radius 2 is 2.04 bits per heavy atom. The van der Waals surface area contributed by atoms with Gasteiger partial charge in [-0.15, -0.1) is 5.10 Å². The predicted molar refractivity (Wildman–Crippen MR) is 95.4 cm³/mol. The van der Waals surface area contributed by atoms with Crippen LogP contribution in [0.1, 0.15) is 59.2 Å². The standard InChI is InChI=1S/C19H25N5O/c1-12-11-14-5-3-4-6-16(14)17(12)21-19(25)18-13(2)24(23-22-18)15-7-9-20-10-8-15/h3-6,12,15,17,20H,7-11H2,1-2H3,(H,21,25)/t12-,17-/m0/s1. The fraction of sp³-hybridized carbons (Fsp3) is 0.526. The first-order valence-electron chi connectivity index (χ1n) is 9.16. The lowest BCUT2D eigenvalue weighted by atomic mass is 10.0. The van der Waals surface area contributed by atoms with E-state index in [1.807, 2.05) is 17.7 Å². The largest absolute Gasteiger partial charge is 0.343 e. The molecule has 0 radical (unpaired) electrons. The maximum Gasteiger partial charge on any atom is 0.274 e. The molecule has 6 heteroatoms. The highest BCUT2D eigenvalue weighted by Gasteiger charge is 2.32. The zero-order valence-corrected chi connectivity index (χ0v) is 14.8. The minimum Gasteiger partial charge on any atom is -0.343 e. The highest BCUT2D eigenvalue weighted by Crippen LogP contribution is 2.35. The van der Waals surface area contributed by atoms with Crippen LogP contribution in [0, 0.1) is 12.8 Å². The van der Waals surface area contributed by atoms with Crippen molar-refractivity contribution in [1.29, 1.82) is 0 Å². The van der Waals surface area contributed by atoms with Gasteiger partial charge in [-0.25, -0.2) is 4.68 Å². The van der Waals surface area contributed by atoms with Crippen LogP contribution in [0.15, 0.2) is 24.3 Å². The summed E-state index contributed by atoms with van der Waals surface area (Å²) in [6.07, 6.45) is 3.05. The van der Waals surface area contributed by atoms with Crippen molar-refractivity contribution in [2.45, 2.75) is 45.2 Å². The average molecular weight is 339 g/mol. The van der Waals surface area contributed by atoms with E-state index in [-0.39, 0.29) is 11.9 Å². The number of amides is 1. The Morgan fingerprint density at radius 1 is 1.28 bits per heavy atom. The molecule has 1 fully saturated rings. The molecule has 2 atom stereocenters. The van der Waals surface area contributed by atoms with Gasteiger partial charge in [0.2, 0.25) is 0 Å². The van der Waals surface area contributed by atoms with Gasteiger partial charge in [-0.3, -0.25) is 4.79 Å². The second kappa shape index (κ2) is 6.59. The van der Waals surface area contributed by atoms with E-state index in [1.54, 1.807) is 0 Å². The van der Waals surface area contributed by atoms with E-state index in [1.165, 1.54) is 11.1 Å².